The van der Waals surface area contributed by atoms with Crippen molar-refractivity contribution in [1.29, 1.82) is 0 Å². The molecule has 14 aromatic rings. The molecule has 8 heterocycles. The molecule has 8 aromatic carbocycles. The fourth-order valence-electron chi connectivity index (χ4n) is 12.4. The highest BCUT2D eigenvalue weighted by molar-refractivity contribution is 7.00. The van der Waals surface area contributed by atoms with Gasteiger partial charge in [-0.1, -0.05) is 154 Å². The summed E-state index contributed by atoms with van der Waals surface area (Å²) >= 11 is 0. The van der Waals surface area contributed by atoms with E-state index in [1.54, 1.807) is 0 Å². The van der Waals surface area contributed by atoms with Crippen LogP contribution in [0.2, 0.25) is 0 Å². The molecule has 0 amide bonds. The smallest absolute Gasteiger partial charge is 0.273 e. The highest BCUT2D eigenvalue weighted by Crippen LogP contribution is 2.39. The Bertz CT molecular complexity index is 4280. The van der Waals surface area contributed by atoms with Gasteiger partial charge in [-0.2, -0.15) is 0 Å². The Hall–Kier alpha value is -9.47. The lowest BCUT2D eigenvalue weighted by Gasteiger charge is -2.14. The van der Waals surface area contributed by atoms with E-state index in [4.69, 9.17) is 9.97 Å². The normalized spacial score (nSPS) is 12.7. The maximum Gasteiger partial charge on any atom is 0.273 e. The summed E-state index contributed by atoms with van der Waals surface area (Å²) in [5, 5.41) is 24.9. The predicted octanol–water partition coefficient (Wildman–Crippen LogP) is 8.34. The molecule has 0 spiro atoms. The van der Waals surface area contributed by atoms with Gasteiger partial charge in [-0.05, 0) is 95.1 Å². The monoisotopic (exact) mass is 903 g/mol. The van der Waals surface area contributed by atoms with Crippen LogP contribution in [0.5, 0.6) is 0 Å². The Balaban J connectivity index is 0.935. The van der Waals surface area contributed by atoms with Gasteiger partial charge >= 0.3 is 0 Å². The lowest BCUT2D eigenvalue weighted by molar-refractivity contribution is 0.801. The van der Waals surface area contributed by atoms with Gasteiger partial charge in [0, 0.05) is 44.7 Å². The molecule has 0 saturated carbocycles. The molecule has 0 unspecified atom stereocenters. The van der Waals surface area contributed by atoms with Crippen molar-refractivity contribution in [3.63, 3.8) is 0 Å². The summed E-state index contributed by atoms with van der Waals surface area (Å²) in [5.74, 6) is 2.21. The van der Waals surface area contributed by atoms with Crippen molar-refractivity contribution in [2.24, 2.45) is 0 Å². The topological polar surface area (TPSA) is 92.1 Å². The van der Waals surface area contributed by atoms with Gasteiger partial charge in [0.25, 0.3) is 5.95 Å². The Morgan fingerprint density at radius 3 is 1.24 bits per heavy atom. The molecule has 0 aliphatic carbocycles. The van der Waals surface area contributed by atoms with Gasteiger partial charge in [0.2, 0.25) is 13.4 Å². The van der Waals surface area contributed by atoms with Crippen LogP contribution in [0.4, 0.5) is 0 Å². The number of aromatic nitrogens is 9. The minimum Gasteiger partial charge on any atom is -0.294 e. The van der Waals surface area contributed by atoms with E-state index in [9.17, 15) is 0 Å². The molecule has 0 bridgehead atoms. The van der Waals surface area contributed by atoms with E-state index in [0.29, 0.717) is 5.95 Å². The first-order chi connectivity index (χ1) is 35.2. The van der Waals surface area contributed by atoms with E-state index < -0.39 is 0 Å². The molecule has 0 saturated heterocycles. The number of para-hydroxylation sites is 2. The number of fused-ring (bicyclic) bond motifs is 15. The summed E-state index contributed by atoms with van der Waals surface area (Å²) in [4.78, 5) is 9.68. The van der Waals surface area contributed by atoms with Gasteiger partial charge in [-0.3, -0.25) is 13.7 Å². The second-order valence-corrected chi connectivity index (χ2v) is 18.8. The molecule has 326 valence electrons. The van der Waals surface area contributed by atoms with Crippen LogP contribution in [0, 0.1) is 0 Å². The lowest BCUT2D eigenvalue weighted by atomic mass is 9.39. The van der Waals surface area contributed by atoms with E-state index >= 15 is 0 Å². The molecule has 9 nitrogen and oxygen atoms in total. The third kappa shape index (κ3) is 5.37. The molecule has 11 heteroatoms. The van der Waals surface area contributed by atoms with E-state index in [1.165, 1.54) is 82.9 Å². The predicted molar refractivity (Wildman–Crippen MR) is 289 cm³/mol. The molecular weight excluding hydrogens is 868 g/mol. The lowest BCUT2D eigenvalue weighted by Crippen LogP contribution is -2.49. The molecule has 0 fully saturated rings. The molecule has 0 atom stereocenters. The highest BCUT2D eigenvalue weighted by atomic mass is 15.3. The maximum absolute atomic E-state index is 4.84. The average molecular weight is 904 g/mol. The molecule has 16 rings (SSSR count). The van der Waals surface area contributed by atoms with E-state index in [-0.39, 0.29) is 13.4 Å². The van der Waals surface area contributed by atoms with E-state index in [1.807, 2.05) is 24.5 Å². The van der Waals surface area contributed by atoms with Crippen molar-refractivity contribution in [1.82, 2.24) is 44.1 Å². The maximum atomic E-state index is 4.84. The zero-order valence-electron chi connectivity index (χ0n) is 37.9. The number of rotatable bonds is 5. The third-order valence-corrected chi connectivity index (χ3v) is 15.3. The number of benzene rings is 8. The van der Waals surface area contributed by atoms with Gasteiger partial charge in [-0.25, -0.2) is 9.97 Å². The van der Waals surface area contributed by atoms with Crippen molar-refractivity contribution in [2.45, 2.75) is 0 Å². The summed E-state index contributed by atoms with van der Waals surface area (Å²) in [6, 6.07) is 70.8. The fraction of sp³-hybridized carbons (Fsp3) is 0. The van der Waals surface area contributed by atoms with Crippen molar-refractivity contribution in [3.05, 3.63) is 213 Å². The first-order valence-corrected chi connectivity index (χ1v) is 24.0. The molecule has 71 heavy (non-hydrogen) atoms. The SMILES string of the molecule is c1ccc(-n2c3ccccc3c3ccc(B4c5ccccc5-c5cc6c7cc8c(cc7n(-c7nncnn7)c6cc54)B(c4ccc5c6ccccc6n(-c6ccccn6)c5c4)c4ccccc4-8)cc32)nc1. The van der Waals surface area contributed by atoms with Crippen LogP contribution in [0.15, 0.2) is 213 Å². The standard InChI is InChI=1S/C60H35B2N9/c1-5-17-48-38(13-1)44-31-46-47-32-45-39-14-2-6-18-49(39)62(37-24-26-43-41-16-4-8-20-53(41)70(55(43)30-37)59-22-10-12-28-64-59)51(45)34-57(47)71(60-67-65-35-66-68-60)56(46)33-50(44)61(48)36-23-25-42-40-15-3-7-19-52(40)69(54(42)29-36)58-21-9-11-27-63-58/h1-35H. The minimum atomic E-state index is -0.0394. The zero-order chi connectivity index (χ0) is 46.3. The largest absolute Gasteiger partial charge is 0.294 e. The van der Waals surface area contributed by atoms with Crippen molar-refractivity contribution < 1.29 is 0 Å². The second kappa shape index (κ2) is 14.5. The summed E-state index contributed by atoms with van der Waals surface area (Å²) in [6.45, 7) is -0.0788. The van der Waals surface area contributed by atoms with Crippen LogP contribution in [0.1, 0.15) is 0 Å². The van der Waals surface area contributed by atoms with Crippen molar-refractivity contribution in [2.75, 3.05) is 0 Å². The van der Waals surface area contributed by atoms with Crippen molar-refractivity contribution >= 4 is 112 Å². The number of hydrogen-bond donors (Lipinski definition) is 0. The highest BCUT2D eigenvalue weighted by Gasteiger charge is 2.38. The molecule has 0 N–H and O–H groups in total. The van der Waals surface area contributed by atoms with Crippen molar-refractivity contribution in [3.8, 4) is 39.8 Å². The first kappa shape index (κ1) is 38.5. The first-order valence-electron chi connectivity index (χ1n) is 24.0. The summed E-state index contributed by atoms with van der Waals surface area (Å²) in [5.41, 5.74) is 18.9. The molecule has 0 radical (unpaired) electrons. The van der Waals surface area contributed by atoms with Gasteiger partial charge in [0.05, 0.1) is 33.1 Å². The van der Waals surface area contributed by atoms with Crippen LogP contribution in [0.3, 0.4) is 0 Å². The number of pyridine rings is 2. The van der Waals surface area contributed by atoms with Crippen LogP contribution in [-0.4, -0.2) is 57.5 Å². The van der Waals surface area contributed by atoms with Crippen LogP contribution >= 0.6 is 0 Å². The van der Waals surface area contributed by atoms with Gasteiger partial charge in [0.1, 0.15) is 11.6 Å². The van der Waals surface area contributed by atoms with E-state index in [0.717, 1.165) is 55.5 Å². The molecular formula is C60H35B2N9. The number of hydrogen-bond acceptors (Lipinski definition) is 6. The number of nitrogens with zero attached hydrogens (tertiary/aromatic N) is 9. The Labute approximate surface area is 406 Å². The minimum absolute atomic E-state index is 0.0394. The second-order valence-electron chi connectivity index (χ2n) is 18.8. The summed E-state index contributed by atoms with van der Waals surface area (Å²) < 4.78 is 6.77. The average Bonchev–Trinajstić information content (AvgIpc) is 4.21. The molecule has 6 aromatic heterocycles. The van der Waals surface area contributed by atoms with Crippen LogP contribution < -0.4 is 32.8 Å². The summed E-state index contributed by atoms with van der Waals surface area (Å²) in [6.07, 6.45) is 5.13. The quantitative estimate of drug-likeness (QED) is 0.162. The van der Waals surface area contributed by atoms with E-state index in [2.05, 4.69) is 216 Å². The Morgan fingerprint density at radius 2 is 0.746 bits per heavy atom. The van der Waals surface area contributed by atoms with Crippen LogP contribution in [0.25, 0.3) is 105 Å². The zero-order valence-corrected chi connectivity index (χ0v) is 37.9. The van der Waals surface area contributed by atoms with Gasteiger partial charge < -0.3 is 0 Å². The summed E-state index contributed by atoms with van der Waals surface area (Å²) in [7, 11) is 0. The Kier molecular flexibility index (Phi) is 7.87. The van der Waals surface area contributed by atoms with Gasteiger partial charge in [0.15, 0.2) is 6.33 Å². The fourth-order valence-corrected chi connectivity index (χ4v) is 12.4. The molecule has 2 aliphatic rings. The van der Waals surface area contributed by atoms with Crippen LogP contribution in [-0.2, 0) is 0 Å². The van der Waals surface area contributed by atoms with Gasteiger partial charge in [-0.15, -0.1) is 20.4 Å². The Morgan fingerprint density at radius 1 is 0.310 bits per heavy atom. The third-order valence-electron chi connectivity index (χ3n) is 15.3. The molecule has 2 aliphatic heterocycles.